The molecule has 0 unspecified atom stereocenters. The van der Waals surface area contributed by atoms with E-state index in [1.807, 2.05) is 30.3 Å². The van der Waals surface area contributed by atoms with Gasteiger partial charge in [0.1, 0.15) is 17.2 Å². The Kier molecular flexibility index (Phi) is 3.63. The molecule has 0 atom stereocenters. The summed E-state index contributed by atoms with van der Waals surface area (Å²) in [4.78, 5) is 11.5. The Hall–Kier alpha value is -2.29. The van der Waals surface area contributed by atoms with Crippen molar-refractivity contribution in [2.24, 2.45) is 0 Å². The fourth-order valence-electron chi connectivity index (χ4n) is 1.62. The van der Waals surface area contributed by atoms with Crippen molar-refractivity contribution in [1.82, 2.24) is 0 Å². The number of ether oxygens (including phenoxy) is 2. The van der Waals surface area contributed by atoms with Crippen molar-refractivity contribution < 1.29 is 14.3 Å². The van der Waals surface area contributed by atoms with Crippen LogP contribution in [0.1, 0.15) is 17.3 Å². The first-order valence-electron chi connectivity index (χ1n) is 5.62. The van der Waals surface area contributed by atoms with E-state index in [1.54, 1.807) is 25.3 Å². The zero-order valence-electron chi connectivity index (χ0n) is 10.3. The minimum atomic E-state index is -0.0383. The van der Waals surface area contributed by atoms with Gasteiger partial charge in [0, 0.05) is 6.07 Å². The highest BCUT2D eigenvalue weighted by molar-refractivity contribution is 5.97. The third-order valence-corrected chi connectivity index (χ3v) is 2.54. The number of carbonyl (C=O) groups excluding carboxylic acids is 1. The predicted octanol–water partition coefficient (Wildman–Crippen LogP) is 3.69. The Morgan fingerprint density at radius 3 is 2.33 bits per heavy atom. The third kappa shape index (κ3) is 2.69. The highest BCUT2D eigenvalue weighted by Crippen LogP contribution is 2.29. The molecule has 0 aliphatic rings. The van der Waals surface area contributed by atoms with Gasteiger partial charge in [0.25, 0.3) is 0 Å². The largest absolute Gasteiger partial charge is 0.497 e. The molecule has 0 aliphatic heterocycles. The molecular formula is C15H14O3. The van der Waals surface area contributed by atoms with Gasteiger partial charge in [-0.05, 0) is 31.2 Å². The van der Waals surface area contributed by atoms with E-state index in [9.17, 15) is 4.79 Å². The normalized spacial score (nSPS) is 9.89. The molecule has 18 heavy (non-hydrogen) atoms. The lowest BCUT2D eigenvalue weighted by Gasteiger charge is -2.10. The van der Waals surface area contributed by atoms with Gasteiger partial charge in [-0.15, -0.1) is 0 Å². The molecule has 0 fully saturated rings. The van der Waals surface area contributed by atoms with Crippen molar-refractivity contribution in [2.45, 2.75) is 6.92 Å². The van der Waals surface area contributed by atoms with E-state index < -0.39 is 0 Å². The summed E-state index contributed by atoms with van der Waals surface area (Å²) in [6, 6.07) is 14.5. The number of ketones is 1. The Morgan fingerprint density at radius 2 is 1.72 bits per heavy atom. The van der Waals surface area contributed by atoms with Crippen LogP contribution in [0.15, 0.2) is 48.5 Å². The summed E-state index contributed by atoms with van der Waals surface area (Å²) < 4.78 is 10.8. The van der Waals surface area contributed by atoms with Crippen LogP contribution in [-0.2, 0) is 0 Å². The van der Waals surface area contributed by atoms with Gasteiger partial charge in [0.05, 0.1) is 12.7 Å². The van der Waals surface area contributed by atoms with Crippen LogP contribution in [0, 0.1) is 0 Å². The van der Waals surface area contributed by atoms with Crippen molar-refractivity contribution in [2.75, 3.05) is 7.11 Å². The van der Waals surface area contributed by atoms with Crippen molar-refractivity contribution in [3.8, 4) is 17.2 Å². The average Bonchev–Trinajstić information content (AvgIpc) is 2.39. The van der Waals surface area contributed by atoms with E-state index in [1.165, 1.54) is 6.92 Å². The Morgan fingerprint density at radius 1 is 1.00 bits per heavy atom. The van der Waals surface area contributed by atoms with Crippen LogP contribution >= 0.6 is 0 Å². The van der Waals surface area contributed by atoms with E-state index in [0.717, 1.165) is 0 Å². The first kappa shape index (κ1) is 12.2. The molecule has 2 aromatic carbocycles. The Labute approximate surface area is 106 Å². The average molecular weight is 242 g/mol. The van der Waals surface area contributed by atoms with Crippen LogP contribution in [0.5, 0.6) is 17.2 Å². The second kappa shape index (κ2) is 5.36. The van der Waals surface area contributed by atoms with E-state index in [-0.39, 0.29) is 5.78 Å². The summed E-state index contributed by atoms with van der Waals surface area (Å²) in [6.07, 6.45) is 0. The highest BCUT2D eigenvalue weighted by Gasteiger charge is 2.10. The first-order chi connectivity index (χ1) is 8.70. The molecule has 0 N–H and O–H groups in total. The maximum absolute atomic E-state index is 11.5. The minimum absolute atomic E-state index is 0.0383. The summed E-state index contributed by atoms with van der Waals surface area (Å²) >= 11 is 0. The maximum Gasteiger partial charge on any atom is 0.163 e. The van der Waals surface area contributed by atoms with Crippen LogP contribution in [-0.4, -0.2) is 12.9 Å². The van der Waals surface area contributed by atoms with E-state index in [0.29, 0.717) is 22.8 Å². The number of hydrogen-bond acceptors (Lipinski definition) is 3. The maximum atomic E-state index is 11.5. The van der Waals surface area contributed by atoms with Gasteiger partial charge < -0.3 is 9.47 Å². The fourth-order valence-corrected chi connectivity index (χ4v) is 1.62. The van der Waals surface area contributed by atoms with Gasteiger partial charge in [-0.2, -0.15) is 0 Å². The minimum Gasteiger partial charge on any atom is -0.497 e. The fraction of sp³-hybridized carbons (Fsp3) is 0.133. The van der Waals surface area contributed by atoms with Crippen molar-refractivity contribution in [3.63, 3.8) is 0 Å². The third-order valence-electron chi connectivity index (χ3n) is 2.54. The van der Waals surface area contributed by atoms with Gasteiger partial charge in [-0.3, -0.25) is 4.79 Å². The molecule has 0 heterocycles. The van der Waals surface area contributed by atoms with Gasteiger partial charge in [0.15, 0.2) is 5.78 Å². The summed E-state index contributed by atoms with van der Waals surface area (Å²) in [5, 5.41) is 0. The van der Waals surface area contributed by atoms with E-state index in [4.69, 9.17) is 9.47 Å². The van der Waals surface area contributed by atoms with Crippen LogP contribution in [0.3, 0.4) is 0 Å². The summed E-state index contributed by atoms with van der Waals surface area (Å²) in [7, 11) is 1.58. The second-order valence-corrected chi connectivity index (χ2v) is 3.83. The lowest BCUT2D eigenvalue weighted by atomic mass is 10.1. The molecule has 2 rings (SSSR count). The number of carbonyl (C=O) groups is 1. The number of Topliss-reactive ketones (excluding diaryl/α,β-unsaturated/α-hetero) is 1. The molecule has 2 aromatic rings. The molecule has 0 saturated heterocycles. The lowest BCUT2D eigenvalue weighted by molar-refractivity contribution is 0.101. The van der Waals surface area contributed by atoms with Crippen LogP contribution in [0.25, 0.3) is 0 Å². The number of hydrogen-bond donors (Lipinski definition) is 0. The molecule has 0 radical (unpaired) electrons. The number of para-hydroxylation sites is 1. The van der Waals surface area contributed by atoms with Crippen LogP contribution < -0.4 is 9.47 Å². The second-order valence-electron chi connectivity index (χ2n) is 3.83. The number of rotatable bonds is 4. The van der Waals surface area contributed by atoms with Crippen LogP contribution in [0.4, 0.5) is 0 Å². The molecule has 0 saturated carbocycles. The monoisotopic (exact) mass is 242 g/mol. The molecule has 3 heteroatoms. The smallest absolute Gasteiger partial charge is 0.163 e. The topological polar surface area (TPSA) is 35.5 Å². The van der Waals surface area contributed by atoms with E-state index in [2.05, 4.69) is 0 Å². The number of benzene rings is 2. The van der Waals surface area contributed by atoms with Gasteiger partial charge in [-0.1, -0.05) is 18.2 Å². The molecule has 3 nitrogen and oxygen atoms in total. The van der Waals surface area contributed by atoms with Gasteiger partial charge in [-0.25, -0.2) is 0 Å². The molecule has 0 bridgehead atoms. The lowest BCUT2D eigenvalue weighted by Crippen LogP contribution is -1.97. The molecule has 92 valence electrons. The zero-order valence-corrected chi connectivity index (χ0v) is 10.3. The zero-order chi connectivity index (χ0) is 13.0. The Balaban J connectivity index is 2.38. The molecular weight excluding hydrogens is 228 g/mol. The summed E-state index contributed by atoms with van der Waals surface area (Å²) in [6.45, 7) is 1.51. The number of methoxy groups -OCH3 is 1. The highest BCUT2D eigenvalue weighted by atomic mass is 16.5. The Bertz CT molecular complexity index is 547. The van der Waals surface area contributed by atoms with Crippen LogP contribution in [0.2, 0.25) is 0 Å². The molecule has 0 aromatic heterocycles. The predicted molar refractivity (Wildman–Crippen MR) is 69.5 cm³/mol. The molecule has 0 aliphatic carbocycles. The van der Waals surface area contributed by atoms with E-state index >= 15 is 0 Å². The SMILES string of the molecule is COc1ccc(C(C)=O)c(Oc2ccccc2)c1. The first-order valence-corrected chi connectivity index (χ1v) is 5.62. The van der Waals surface area contributed by atoms with Crippen molar-refractivity contribution in [1.29, 1.82) is 0 Å². The molecule has 0 spiro atoms. The molecule has 0 amide bonds. The summed E-state index contributed by atoms with van der Waals surface area (Å²) in [5.41, 5.74) is 0.541. The van der Waals surface area contributed by atoms with Gasteiger partial charge >= 0.3 is 0 Å². The van der Waals surface area contributed by atoms with Crippen molar-refractivity contribution in [3.05, 3.63) is 54.1 Å². The van der Waals surface area contributed by atoms with Gasteiger partial charge in [0.2, 0.25) is 0 Å². The standard InChI is InChI=1S/C15H14O3/c1-11(16)14-9-8-13(17-2)10-15(14)18-12-6-4-3-5-7-12/h3-10H,1-2H3. The van der Waals surface area contributed by atoms with Crippen molar-refractivity contribution >= 4 is 5.78 Å². The quantitative estimate of drug-likeness (QED) is 0.767. The summed E-state index contributed by atoms with van der Waals surface area (Å²) in [5.74, 6) is 1.82.